The van der Waals surface area contributed by atoms with Crippen molar-refractivity contribution in [3.05, 3.63) is 47.4 Å². The van der Waals surface area contributed by atoms with Gasteiger partial charge in [-0.15, -0.1) is 0 Å². The minimum absolute atomic E-state index is 0.0134. The van der Waals surface area contributed by atoms with Crippen molar-refractivity contribution in [3.63, 3.8) is 0 Å². The van der Waals surface area contributed by atoms with E-state index in [1.807, 2.05) is 0 Å². The van der Waals surface area contributed by atoms with Crippen LogP contribution in [0.4, 0.5) is 5.82 Å². The van der Waals surface area contributed by atoms with Crippen molar-refractivity contribution in [1.82, 2.24) is 14.6 Å². The molecule has 0 spiro atoms. The van der Waals surface area contributed by atoms with Crippen LogP contribution in [0.2, 0.25) is 0 Å². The minimum atomic E-state index is -4.83. The number of nitrogens with zero attached hydrogens (tertiary/aromatic N) is 4. The molecular formula is C43H66N5O11P. The van der Waals surface area contributed by atoms with E-state index in [2.05, 4.69) is 23.1 Å². The number of ether oxygens (including phenoxy) is 5. The first-order valence-electron chi connectivity index (χ1n) is 21.6. The summed E-state index contributed by atoms with van der Waals surface area (Å²) in [5, 5.41) is 36.5. The second-order valence-electron chi connectivity index (χ2n) is 16.2. The SMILES string of the molecule is CCCCCCCCCCCCCCCCCCOC[C@H](COP(=O)(O)OC1[C@H]2O[C@@](C)(c3ccc4c(N)ncnn34)[C@H](O)[C@@]12O)OCc1cc(OC)c(C#N)c(OC)c1. The van der Waals surface area contributed by atoms with Crippen LogP contribution >= 0.6 is 7.82 Å². The number of benzene rings is 1. The normalized spacial score (nSPS) is 23.6. The molecule has 0 bridgehead atoms. The summed E-state index contributed by atoms with van der Waals surface area (Å²) in [4.78, 5) is 14.8. The monoisotopic (exact) mass is 859 g/mol. The number of nitrogens with two attached hydrogens (primary N) is 1. The highest BCUT2D eigenvalue weighted by Crippen LogP contribution is 2.63. The summed E-state index contributed by atoms with van der Waals surface area (Å²) in [6.07, 6.45) is 16.7. The van der Waals surface area contributed by atoms with Gasteiger partial charge >= 0.3 is 7.82 Å². The molecule has 1 saturated heterocycles. The number of aliphatic hydroxyl groups excluding tert-OH is 1. The molecule has 1 aliphatic heterocycles. The second-order valence-corrected chi connectivity index (χ2v) is 17.6. The van der Waals surface area contributed by atoms with Crippen molar-refractivity contribution in [1.29, 1.82) is 5.26 Å². The van der Waals surface area contributed by atoms with E-state index in [1.54, 1.807) is 31.2 Å². The van der Waals surface area contributed by atoms with Gasteiger partial charge in [-0.3, -0.25) is 9.05 Å². The van der Waals surface area contributed by atoms with Gasteiger partial charge in [0, 0.05) is 6.61 Å². The lowest BCUT2D eigenvalue weighted by molar-refractivity contribution is -0.127. The summed E-state index contributed by atoms with van der Waals surface area (Å²) in [6.45, 7) is 3.98. The number of unbranched alkanes of at least 4 members (excludes halogenated alkanes) is 15. The molecular weight excluding hydrogens is 793 g/mol. The van der Waals surface area contributed by atoms with Gasteiger partial charge in [0.25, 0.3) is 0 Å². The van der Waals surface area contributed by atoms with Gasteiger partial charge in [0.2, 0.25) is 0 Å². The van der Waals surface area contributed by atoms with Gasteiger partial charge in [0.1, 0.15) is 65.0 Å². The number of nitriles is 1. The Balaban J connectivity index is 1.07. The molecule has 2 aromatic heterocycles. The number of hydrogen-bond acceptors (Lipinski definition) is 14. The fraction of sp³-hybridized carbons (Fsp3) is 0.698. The van der Waals surface area contributed by atoms with Crippen LogP contribution in [0.3, 0.4) is 0 Å². The Kier molecular flexibility index (Phi) is 18.0. The van der Waals surface area contributed by atoms with E-state index in [0.29, 0.717) is 34.9 Å². The van der Waals surface area contributed by atoms with Crippen LogP contribution in [-0.2, 0) is 40.0 Å². The third-order valence-electron chi connectivity index (χ3n) is 11.7. The Labute approximate surface area is 354 Å². The Morgan fingerprint density at radius 2 is 1.53 bits per heavy atom. The maximum atomic E-state index is 13.3. The van der Waals surface area contributed by atoms with E-state index in [4.69, 9.17) is 38.5 Å². The highest BCUT2D eigenvalue weighted by molar-refractivity contribution is 7.47. The number of phosphoric acid groups is 1. The predicted molar refractivity (Wildman–Crippen MR) is 224 cm³/mol. The van der Waals surface area contributed by atoms with Crippen molar-refractivity contribution < 1.29 is 52.4 Å². The number of aromatic nitrogens is 3. The number of anilines is 1. The number of methoxy groups -OCH3 is 2. The average Bonchev–Trinajstić information content (AvgIpc) is 3.48. The van der Waals surface area contributed by atoms with E-state index in [0.717, 1.165) is 19.3 Å². The van der Waals surface area contributed by atoms with Crippen molar-refractivity contribution >= 4 is 19.2 Å². The standard InChI is InChI=1S/C43H66N5O11P/c1-5-6-7-8-9-10-11-12-13-14-15-16-17-18-19-20-23-55-28-32(56-27-31-24-35(53-3)33(26-44)36(25-31)54-4)29-57-60(51,52)59-39-38-43(39,50)41(49)42(2,58-38)37-22-21-34-40(45)46-30-47-48(34)37/h21-22,24-25,30,32,38-39,41,49-50H,5-20,23,27-29H2,1-4H3,(H,51,52)(H2,45,46,47)/t32-,38-,39?,41+,42+,43+/m1/s1. The average molecular weight is 860 g/mol. The highest BCUT2D eigenvalue weighted by Gasteiger charge is 2.82. The number of phosphoric ester groups is 1. The van der Waals surface area contributed by atoms with Gasteiger partial charge in [-0.25, -0.2) is 14.1 Å². The van der Waals surface area contributed by atoms with Crippen molar-refractivity contribution in [2.45, 2.75) is 159 Å². The molecule has 2 aliphatic rings. The molecule has 1 saturated carbocycles. The summed E-state index contributed by atoms with van der Waals surface area (Å²) in [7, 11) is -1.93. The lowest BCUT2D eigenvalue weighted by Gasteiger charge is -2.32. The predicted octanol–water partition coefficient (Wildman–Crippen LogP) is 7.29. The number of aliphatic hydroxyl groups is 2. The van der Waals surface area contributed by atoms with Crippen molar-refractivity contribution in [2.75, 3.05) is 39.8 Å². The van der Waals surface area contributed by atoms with Crippen LogP contribution in [0.1, 0.15) is 133 Å². The summed E-state index contributed by atoms with van der Waals surface area (Å²) >= 11 is 0. The van der Waals surface area contributed by atoms with E-state index < -0.39 is 50.0 Å². The second kappa shape index (κ2) is 22.6. The fourth-order valence-corrected chi connectivity index (χ4v) is 9.06. The maximum Gasteiger partial charge on any atom is 0.472 e. The molecule has 60 heavy (non-hydrogen) atoms. The summed E-state index contributed by atoms with van der Waals surface area (Å²) in [5.74, 6) is 0.847. The van der Waals surface area contributed by atoms with Crippen LogP contribution in [0.15, 0.2) is 30.6 Å². The van der Waals surface area contributed by atoms with Crippen LogP contribution in [0.5, 0.6) is 11.5 Å². The molecule has 16 nitrogen and oxygen atoms in total. The first-order chi connectivity index (χ1) is 28.9. The quantitative estimate of drug-likeness (QED) is 0.0382. The summed E-state index contributed by atoms with van der Waals surface area (Å²) in [5.41, 5.74) is 4.27. The Bertz CT molecular complexity index is 1870. The fourth-order valence-electron chi connectivity index (χ4n) is 8.07. The zero-order chi connectivity index (χ0) is 43.2. The van der Waals surface area contributed by atoms with Crippen LogP contribution in [-0.4, -0.2) is 93.8 Å². The van der Waals surface area contributed by atoms with E-state index in [-0.39, 0.29) is 24.6 Å². The van der Waals surface area contributed by atoms with Crippen molar-refractivity contribution in [3.8, 4) is 17.6 Å². The summed E-state index contributed by atoms with van der Waals surface area (Å²) < 4.78 is 54.4. The molecule has 0 amide bonds. The van der Waals surface area contributed by atoms with E-state index >= 15 is 0 Å². The molecule has 1 aliphatic carbocycles. The highest BCUT2D eigenvalue weighted by atomic mass is 31.2. The third kappa shape index (κ3) is 12.0. The van der Waals surface area contributed by atoms with Gasteiger partial charge < -0.3 is 44.5 Å². The smallest absolute Gasteiger partial charge is 0.472 e. The molecule has 1 aromatic carbocycles. The first kappa shape index (κ1) is 47.7. The van der Waals surface area contributed by atoms with E-state index in [9.17, 15) is 24.9 Å². The number of nitrogen functional groups attached to an aromatic ring is 1. The molecule has 3 heterocycles. The van der Waals surface area contributed by atoms with Gasteiger partial charge in [-0.1, -0.05) is 103 Å². The number of rotatable bonds is 30. The van der Waals surface area contributed by atoms with Crippen molar-refractivity contribution in [2.24, 2.45) is 0 Å². The summed E-state index contributed by atoms with van der Waals surface area (Å²) in [6, 6.07) is 8.70. The van der Waals surface area contributed by atoms with Gasteiger partial charge in [-0.2, -0.15) is 10.4 Å². The molecule has 0 radical (unpaired) electrons. The maximum absolute atomic E-state index is 13.3. The van der Waals surface area contributed by atoms with Gasteiger partial charge in [0.15, 0.2) is 11.4 Å². The minimum Gasteiger partial charge on any atom is -0.495 e. The number of hydrogen-bond donors (Lipinski definition) is 4. The molecule has 7 atom stereocenters. The topological polar surface area (TPSA) is 222 Å². The molecule has 5 rings (SSSR count). The van der Waals surface area contributed by atoms with Crippen LogP contribution < -0.4 is 15.2 Å². The van der Waals surface area contributed by atoms with Crippen LogP contribution in [0.25, 0.3) is 5.52 Å². The Morgan fingerprint density at radius 3 is 2.07 bits per heavy atom. The third-order valence-corrected chi connectivity index (χ3v) is 12.6. The van der Waals surface area contributed by atoms with Crippen LogP contribution in [0, 0.1) is 11.3 Å². The largest absolute Gasteiger partial charge is 0.495 e. The molecule has 2 unspecified atom stereocenters. The molecule has 334 valence electrons. The Morgan fingerprint density at radius 1 is 0.950 bits per heavy atom. The molecule has 3 aromatic rings. The Hall–Kier alpha value is -3.36. The van der Waals surface area contributed by atoms with Gasteiger partial charge in [0.05, 0.1) is 39.7 Å². The molecule has 17 heteroatoms. The van der Waals surface area contributed by atoms with E-state index in [1.165, 1.54) is 109 Å². The lowest BCUT2D eigenvalue weighted by Crippen LogP contribution is -2.46. The molecule has 5 N–H and O–H groups in total. The first-order valence-corrected chi connectivity index (χ1v) is 23.1. The number of fused-ring (bicyclic) bond motifs is 2. The zero-order valence-electron chi connectivity index (χ0n) is 35.8. The lowest BCUT2D eigenvalue weighted by atomic mass is 9.91. The van der Waals surface area contributed by atoms with Gasteiger partial charge in [-0.05, 0) is 43.2 Å². The molecule has 2 fully saturated rings. The zero-order valence-corrected chi connectivity index (χ0v) is 36.7.